The predicted octanol–water partition coefficient (Wildman–Crippen LogP) is 10.8. The lowest BCUT2D eigenvalue weighted by Gasteiger charge is -2.10. The first-order valence-corrected chi connectivity index (χ1v) is 37.3. The number of carbonyl (C=O) groups excluding carboxylic acids is 4. The van der Waals surface area contributed by atoms with E-state index in [0.29, 0.717) is 133 Å². The first kappa shape index (κ1) is 98.5. The Hall–Kier alpha value is -11.5. The van der Waals surface area contributed by atoms with Crippen LogP contribution in [0.1, 0.15) is 124 Å². The van der Waals surface area contributed by atoms with E-state index in [1.54, 1.807) is 109 Å². The van der Waals surface area contributed by atoms with Gasteiger partial charge in [0.05, 0.1) is 76.6 Å². The molecule has 0 radical (unpaired) electrons. The molecular formula is C76H95BrN4O27S2. The second-order valence-corrected chi connectivity index (χ2v) is 25.7. The number of aliphatic carboxylic acids is 4. The summed E-state index contributed by atoms with van der Waals surface area (Å²) in [5.74, 6) is -0.0435. The number of aryl methyl sites for hydroxylation is 2. The van der Waals surface area contributed by atoms with Gasteiger partial charge in [-0.1, -0.05) is 51.3 Å². The third-order valence-corrected chi connectivity index (χ3v) is 16.2. The number of benzene rings is 7. The molecule has 0 aliphatic heterocycles. The zero-order valence-electron chi connectivity index (χ0n) is 62.0. The first-order valence-electron chi connectivity index (χ1n) is 33.2. The number of aliphatic hydroxyl groups is 2. The van der Waals surface area contributed by atoms with Crippen LogP contribution in [0.15, 0.2) is 172 Å². The van der Waals surface area contributed by atoms with Crippen molar-refractivity contribution in [3.05, 3.63) is 191 Å². The Labute approximate surface area is 647 Å². The lowest BCUT2D eigenvalue weighted by molar-refractivity contribution is -0.143. The highest BCUT2D eigenvalue weighted by atomic mass is 79.9. The van der Waals surface area contributed by atoms with E-state index in [-0.39, 0.29) is 53.8 Å². The summed E-state index contributed by atoms with van der Waals surface area (Å²) in [6.45, 7) is 7.27. The molecule has 34 heteroatoms. The van der Waals surface area contributed by atoms with Gasteiger partial charge in [0.25, 0.3) is 20.0 Å². The fraction of sp³-hybridized carbons (Fsp3) is 0.316. The van der Waals surface area contributed by atoms with E-state index in [1.165, 1.54) is 76.2 Å². The molecule has 7 aromatic rings. The summed E-state index contributed by atoms with van der Waals surface area (Å²) in [7, 11) is -1.06. The minimum atomic E-state index is -3.74. The van der Waals surface area contributed by atoms with Gasteiger partial charge in [-0.2, -0.15) is 27.0 Å². The van der Waals surface area contributed by atoms with Gasteiger partial charge in [0.1, 0.15) is 30.4 Å². The second-order valence-electron chi connectivity index (χ2n) is 21.6. The Morgan fingerprint density at radius 3 is 1.10 bits per heavy atom. The molecule has 31 nitrogen and oxygen atoms in total. The summed E-state index contributed by atoms with van der Waals surface area (Å²) in [6, 6.07) is 40.6. The minimum absolute atomic E-state index is 0.0220. The highest BCUT2D eigenvalue weighted by Crippen LogP contribution is 2.30. The highest BCUT2D eigenvalue weighted by molar-refractivity contribution is 9.09. The fourth-order valence-corrected chi connectivity index (χ4v) is 9.65. The number of hydrogen-bond acceptors (Lipinski definition) is 25. The van der Waals surface area contributed by atoms with Gasteiger partial charge in [0.2, 0.25) is 0 Å². The van der Waals surface area contributed by atoms with E-state index in [0.717, 1.165) is 49.7 Å². The SMILES string of the molecule is CCOC(=O)CCCBr.CO.CO.COc1cc(/C=N\NS(=O)(=O)c2ccc(C)cc2)ccc1OCCCC(=O)O.COc1cc(C=O)ccc1O.COc1cc(C=O)ccc1OCCCC(=O)O.Cc1ccc(S(=O)(=O)N/N=C\c2ccc(OCCCC(=O)O)cc2)cc1.O=Cc1ccc(OCCCC(=O)O)cc1. The third-order valence-electron chi connectivity index (χ3n) is 13.2. The van der Waals surface area contributed by atoms with Gasteiger partial charge in [-0.15, -0.1) is 0 Å². The van der Waals surface area contributed by atoms with E-state index in [2.05, 4.69) is 40.5 Å². The zero-order chi connectivity index (χ0) is 82.7. The van der Waals surface area contributed by atoms with E-state index < -0.39 is 43.9 Å². The lowest BCUT2D eigenvalue weighted by Crippen LogP contribution is -2.18. The maximum Gasteiger partial charge on any atom is 0.305 e. The molecule has 0 spiro atoms. The van der Waals surface area contributed by atoms with Crippen molar-refractivity contribution >= 4 is 97.1 Å². The normalized spacial score (nSPS) is 10.2. The van der Waals surface area contributed by atoms with Crippen LogP contribution >= 0.6 is 15.9 Å². The number of phenolic OH excluding ortho intramolecular Hbond substituents is 1. The van der Waals surface area contributed by atoms with Crippen LogP contribution < -0.4 is 42.8 Å². The van der Waals surface area contributed by atoms with E-state index in [4.69, 9.17) is 68.9 Å². The molecule has 0 aliphatic rings. The summed E-state index contributed by atoms with van der Waals surface area (Å²) >= 11 is 3.22. The van der Waals surface area contributed by atoms with Crippen LogP contribution in [0.5, 0.6) is 46.0 Å². The quantitative estimate of drug-likeness (QED) is 0.00433. The van der Waals surface area contributed by atoms with Crippen LogP contribution in [0.2, 0.25) is 0 Å². The molecule has 0 unspecified atom stereocenters. The van der Waals surface area contributed by atoms with Crippen LogP contribution in [-0.2, 0) is 48.8 Å². The van der Waals surface area contributed by atoms with Gasteiger partial charge in [-0.25, -0.2) is 9.66 Å². The van der Waals surface area contributed by atoms with Crippen LogP contribution in [0, 0.1) is 13.8 Å². The summed E-state index contributed by atoms with van der Waals surface area (Å²) in [5, 5.41) is 65.5. The average Bonchev–Trinajstić information content (AvgIpc) is 0.846. The standard InChI is InChI=1S/C19H22N2O6S.C18H20N2O5S.C12H14O5.C11H12O4.C8H8O3.C6H11BrO2.2CH4O/c1-14-5-8-16(9-6-14)28(24,25)21-20-13-15-7-10-17(18(12-15)26-2)27-11-3-4-19(22)23;1-14-4-10-17(11-5-14)26(23,24)20-19-13-15-6-8-16(9-7-15)25-12-2-3-18(21)22;1-16-11-7-9(8-13)4-5-10(11)17-6-2-3-12(14)15;12-8-9-3-5-10(6-4-9)15-7-1-2-11(13)14;1-11-8-4-6(5-9)2-3-7(8)10;1-2-9-6(8)4-3-5-7;2*1-2/h5-10,12-13,21H,3-4,11H2,1-2H3,(H,22,23);4-11,13,20H,2-3,12H2,1H3,(H,21,22);4-5,7-8H,2-3,6H2,1H3,(H,14,15);3-6,8H,1-2,7H2,(H,13,14);2-5,10H,1H3;2-5H2,1H3;2*2H,1H3/b20-13-;19-13-;;;;;;. The molecule has 0 aromatic heterocycles. The number of carboxylic acid groups (broad SMARTS) is 4. The Morgan fingerprint density at radius 2 is 0.745 bits per heavy atom. The number of carboxylic acids is 4. The Kier molecular flexibility index (Phi) is 52.5. The summed E-state index contributed by atoms with van der Waals surface area (Å²) in [5.41, 5.74) is 4.79. The number of nitrogens with one attached hydrogen (secondary N) is 2. The van der Waals surface area contributed by atoms with Crippen LogP contribution in [-0.4, -0.2) is 188 Å². The molecule has 600 valence electrons. The maximum atomic E-state index is 12.2. The topological polar surface area (TPSA) is 469 Å². The number of phenols is 1. The molecule has 7 aromatic carbocycles. The third kappa shape index (κ3) is 44.6. The van der Waals surface area contributed by atoms with Crippen molar-refractivity contribution in [1.29, 1.82) is 0 Å². The summed E-state index contributed by atoms with van der Waals surface area (Å²) in [4.78, 5) is 87.7. The number of halogens is 1. The molecule has 0 amide bonds. The summed E-state index contributed by atoms with van der Waals surface area (Å²) in [6.07, 6.45) is 8.26. The van der Waals surface area contributed by atoms with Crippen molar-refractivity contribution in [3.8, 4) is 46.0 Å². The number of hydrogen-bond donors (Lipinski definition) is 9. The van der Waals surface area contributed by atoms with Crippen molar-refractivity contribution in [3.63, 3.8) is 0 Å². The van der Waals surface area contributed by atoms with Crippen molar-refractivity contribution < 1.29 is 129 Å². The molecule has 0 atom stereocenters. The number of sulfonamides is 2. The lowest BCUT2D eigenvalue weighted by atomic mass is 10.2. The number of methoxy groups -OCH3 is 3. The molecule has 0 aliphatic carbocycles. The number of aliphatic hydroxyl groups excluding tert-OH is 2. The van der Waals surface area contributed by atoms with Crippen molar-refractivity contribution in [2.24, 2.45) is 10.2 Å². The van der Waals surface area contributed by atoms with Crippen LogP contribution in [0.3, 0.4) is 0 Å². The molecule has 0 saturated carbocycles. The van der Waals surface area contributed by atoms with E-state index in [1.807, 2.05) is 20.8 Å². The average molecular weight is 1640 g/mol. The number of rotatable bonds is 38. The fourth-order valence-electron chi connectivity index (χ4n) is 7.78. The monoisotopic (exact) mass is 1640 g/mol. The molecule has 0 saturated heterocycles. The molecule has 110 heavy (non-hydrogen) atoms. The highest BCUT2D eigenvalue weighted by Gasteiger charge is 2.15. The van der Waals surface area contributed by atoms with Crippen molar-refractivity contribution in [2.45, 2.75) is 94.8 Å². The zero-order valence-corrected chi connectivity index (χ0v) is 65.2. The van der Waals surface area contributed by atoms with Gasteiger partial charge < -0.3 is 73.6 Å². The number of esters is 1. The maximum absolute atomic E-state index is 12.2. The number of ether oxygens (including phenoxy) is 8. The minimum Gasteiger partial charge on any atom is -0.504 e. The number of alkyl halides is 1. The van der Waals surface area contributed by atoms with Gasteiger partial charge in [-0.3, -0.25) is 38.4 Å². The number of aromatic hydroxyl groups is 1. The summed E-state index contributed by atoms with van der Waals surface area (Å²) < 4.78 is 89.9. The van der Waals surface area contributed by atoms with E-state index >= 15 is 0 Å². The smallest absolute Gasteiger partial charge is 0.305 e. The Balaban J connectivity index is 0.00000133. The molecule has 0 heterocycles. The largest absolute Gasteiger partial charge is 0.504 e. The van der Waals surface area contributed by atoms with Gasteiger partial charge in [0, 0.05) is 68.3 Å². The van der Waals surface area contributed by atoms with Gasteiger partial charge in [0.15, 0.2) is 34.5 Å². The predicted molar refractivity (Wildman–Crippen MR) is 413 cm³/mol. The number of carbonyl (C=O) groups is 8. The molecule has 7 rings (SSSR count). The first-order chi connectivity index (χ1) is 52.6. The van der Waals surface area contributed by atoms with Gasteiger partial charge >= 0.3 is 29.8 Å². The van der Waals surface area contributed by atoms with Crippen LogP contribution in [0.25, 0.3) is 0 Å². The number of nitrogens with zero attached hydrogens (tertiary/aromatic N) is 2. The molecule has 0 fully saturated rings. The molecule has 0 bridgehead atoms. The Morgan fingerprint density at radius 1 is 0.418 bits per heavy atom. The van der Waals surface area contributed by atoms with Gasteiger partial charge in [-0.05, 0) is 191 Å². The van der Waals surface area contributed by atoms with Crippen LogP contribution in [0.4, 0.5) is 0 Å². The van der Waals surface area contributed by atoms with E-state index in [9.17, 15) is 55.2 Å². The van der Waals surface area contributed by atoms with Crippen molar-refractivity contribution in [1.82, 2.24) is 9.66 Å². The number of hydrazone groups is 2. The molecular weight excluding hydrogens is 1540 g/mol. The molecule has 9 N–H and O–H groups in total. The Bertz CT molecular complexity index is 4150. The van der Waals surface area contributed by atoms with Crippen molar-refractivity contribution in [2.75, 3.05) is 73.9 Å². The second kappa shape index (κ2) is 58.6. The number of aldehydes is 3.